The van der Waals surface area contributed by atoms with Crippen LogP contribution in [0, 0.1) is 6.92 Å². The van der Waals surface area contributed by atoms with E-state index in [4.69, 9.17) is 0 Å². The quantitative estimate of drug-likeness (QED) is 0.450. The molecule has 0 saturated carbocycles. The molecule has 0 fully saturated rings. The SMILES string of the molecule is Cc1cc(O)cc2c1Nc1c(O)cccc1C(=O)N2CC=O. The molecule has 3 rings (SSSR count). The number of aromatic hydroxyl groups is 2. The molecule has 1 aliphatic rings. The maximum Gasteiger partial charge on any atom is 0.260 e. The molecule has 6 nitrogen and oxygen atoms in total. The standard InChI is InChI=1S/C16H14N2O4/c1-9-7-10(20)8-12-14(9)17-15-11(3-2-4-13(15)21)16(22)18(12)5-6-19/h2-4,6-8,17,20-21H,5H2,1H3. The third-order valence-electron chi connectivity index (χ3n) is 3.62. The molecule has 0 radical (unpaired) electrons. The van der Waals surface area contributed by atoms with Gasteiger partial charge in [0, 0.05) is 6.07 Å². The van der Waals surface area contributed by atoms with Crippen molar-refractivity contribution in [3.05, 3.63) is 41.5 Å². The Morgan fingerprint density at radius 1 is 1.23 bits per heavy atom. The largest absolute Gasteiger partial charge is 0.508 e. The van der Waals surface area contributed by atoms with Gasteiger partial charge in [-0.1, -0.05) is 6.07 Å². The third-order valence-corrected chi connectivity index (χ3v) is 3.62. The van der Waals surface area contributed by atoms with Crippen LogP contribution in [0.15, 0.2) is 30.3 Å². The van der Waals surface area contributed by atoms with Crippen molar-refractivity contribution in [1.29, 1.82) is 0 Å². The van der Waals surface area contributed by atoms with Crippen molar-refractivity contribution in [2.75, 3.05) is 16.8 Å². The lowest BCUT2D eigenvalue weighted by molar-refractivity contribution is -0.106. The Balaban J connectivity index is 2.31. The summed E-state index contributed by atoms with van der Waals surface area (Å²) in [5.74, 6) is -0.483. The van der Waals surface area contributed by atoms with Crippen molar-refractivity contribution in [2.24, 2.45) is 0 Å². The van der Waals surface area contributed by atoms with Crippen molar-refractivity contribution in [3.63, 3.8) is 0 Å². The molecule has 1 amide bonds. The fraction of sp³-hybridized carbons (Fsp3) is 0.125. The minimum atomic E-state index is -0.422. The first-order valence-electron chi connectivity index (χ1n) is 6.71. The van der Waals surface area contributed by atoms with E-state index in [-0.39, 0.29) is 29.3 Å². The van der Waals surface area contributed by atoms with Gasteiger partial charge >= 0.3 is 0 Å². The summed E-state index contributed by atoms with van der Waals surface area (Å²) in [7, 11) is 0. The predicted molar refractivity (Wildman–Crippen MR) is 82.0 cm³/mol. The molecule has 0 aromatic heterocycles. The zero-order chi connectivity index (χ0) is 15.9. The summed E-state index contributed by atoms with van der Waals surface area (Å²) in [6.45, 7) is 1.62. The summed E-state index contributed by atoms with van der Waals surface area (Å²) >= 11 is 0. The molecular weight excluding hydrogens is 284 g/mol. The van der Waals surface area contributed by atoms with Crippen LogP contribution in [-0.4, -0.2) is 29.0 Å². The Bertz CT molecular complexity index is 786. The molecule has 22 heavy (non-hydrogen) atoms. The molecule has 2 aromatic carbocycles. The average Bonchev–Trinajstić information content (AvgIpc) is 2.58. The number of phenols is 2. The molecule has 2 aromatic rings. The van der Waals surface area contributed by atoms with Crippen LogP contribution in [0.3, 0.4) is 0 Å². The molecule has 0 aliphatic carbocycles. The third kappa shape index (κ3) is 2.05. The minimum Gasteiger partial charge on any atom is -0.508 e. The van der Waals surface area contributed by atoms with Gasteiger partial charge in [0.15, 0.2) is 0 Å². The Labute approximate surface area is 126 Å². The normalized spacial score (nSPS) is 13.0. The number of amides is 1. The van der Waals surface area contributed by atoms with E-state index in [0.29, 0.717) is 23.2 Å². The van der Waals surface area contributed by atoms with E-state index in [9.17, 15) is 19.8 Å². The number of anilines is 3. The molecule has 1 heterocycles. The van der Waals surface area contributed by atoms with Crippen LogP contribution >= 0.6 is 0 Å². The maximum absolute atomic E-state index is 12.7. The molecule has 1 aliphatic heterocycles. The van der Waals surface area contributed by atoms with Crippen LogP contribution in [0.5, 0.6) is 11.5 Å². The van der Waals surface area contributed by atoms with Gasteiger partial charge in [-0.05, 0) is 30.7 Å². The van der Waals surface area contributed by atoms with Crippen molar-refractivity contribution in [2.45, 2.75) is 6.92 Å². The van der Waals surface area contributed by atoms with E-state index in [1.807, 2.05) is 0 Å². The van der Waals surface area contributed by atoms with Gasteiger partial charge in [-0.2, -0.15) is 0 Å². The first-order valence-corrected chi connectivity index (χ1v) is 6.71. The highest BCUT2D eigenvalue weighted by Crippen LogP contribution is 2.42. The van der Waals surface area contributed by atoms with Gasteiger partial charge < -0.3 is 20.3 Å². The van der Waals surface area contributed by atoms with Crippen molar-refractivity contribution < 1.29 is 19.8 Å². The van der Waals surface area contributed by atoms with E-state index in [1.54, 1.807) is 25.1 Å². The van der Waals surface area contributed by atoms with Crippen LogP contribution in [0.1, 0.15) is 15.9 Å². The Hall–Kier alpha value is -3.02. The molecule has 0 atom stereocenters. The fourth-order valence-corrected chi connectivity index (χ4v) is 2.61. The highest BCUT2D eigenvalue weighted by atomic mass is 16.3. The van der Waals surface area contributed by atoms with Crippen LogP contribution in [0.2, 0.25) is 0 Å². The van der Waals surface area contributed by atoms with Crippen LogP contribution in [0.25, 0.3) is 0 Å². The first kappa shape index (κ1) is 13.9. The zero-order valence-corrected chi connectivity index (χ0v) is 11.8. The number of para-hydroxylation sites is 1. The second-order valence-corrected chi connectivity index (χ2v) is 5.06. The van der Waals surface area contributed by atoms with Gasteiger partial charge in [-0.15, -0.1) is 0 Å². The van der Waals surface area contributed by atoms with E-state index < -0.39 is 5.91 Å². The molecule has 0 unspecified atom stereocenters. The van der Waals surface area contributed by atoms with E-state index in [2.05, 4.69) is 5.32 Å². The van der Waals surface area contributed by atoms with Crippen LogP contribution < -0.4 is 10.2 Å². The number of carbonyl (C=O) groups is 2. The molecular formula is C16H14N2O4. The monoisotopic (exact) mass is 298 g/mol. The topological polar surface area (TPSA) is 89.9 Å². The number of aldehydes is 1. The number of nitrogens with one attached hydrogen (secondary N) is 1. The van der Waals surface area contributed by atoms with Gasteiger partial charge in [0.2, 0.25) is 0 Å². The summed E-state index contributed by atoms with van der Waals surface area (Å²) in [6, 6.07) is 7.57. The number of fused-ring (bicyclic) bond motifs is 2. The number of rotatable bonds is 2. The number of phenolic OH excluding ortho intramolecular Hbond substituents is 2. The van der Waals surface area contributed by atoms with Crippen molar-refractivity contribution in [3.8, 4) is 11.5 Å². The van der Waals surface area contributed by atoms with E-state index in [0.717, 1.165) is 0 Å². The molecule has 3 N–H and O–H groups in total. The lowest BCUT2D eigenvalue weighted by Crippen LogP contribution is -2.32. The number of hydrogen-bond donors (Lipinski definition) is 3. The fourth-order valence-electron chi connectivity index (χ4n) is 2.61. The minimum absolute atomic E-state index is 0.00285. The molecule has 112 valence electrons. The number of aryl methyl sites for hydroxylation is 1. The summed E-state index contributed by atoms with van der Waals surface area (Å²) < 4.78 is 0. The summed E-state index contributed by atoms with van der Waals surface area (Å²) in [5.41, 5.74) is 2.20. The first-order chi connectivity index (χ1) is 10.5. The molecule has 0 bridgehead atoms. The van der Waals surface area contributed by atoms with Gasteiger partial charge in [0.05, 0.1) is 29.2 Å². The summed E-state index contributed by atoms with van der Waals surface area (Å²) in [6.07, 6.45) is 0.620. The number of hydrogen-bond acceptors (Lipinski definition) is 5. The molecule has 6 heteroatoms. The summed E-state index contributed by atoms with van der Waals surface area (Å²) in [4.78, 5) is 24.9. The van der Waals surface area contributed by atoms with Crippen LogP contribution in [-0.2, 0) is 4.79 Å². The highest BCUT2D eigenvalue weighted by molar-refractivity contribution is 6.15. The maximum atomic E-state index is 12.7. The van der Waals surface area contributed by atoms with Gasteiger partial charge in [-0.3, -0.25) is 9.69 Å². The van der Waals surface area contributed by atoms with E-state index >= 15 is 0 Å². The van der Waals surface area contributed by atoms with Crippen LogP contribution in [0.4, 0.5) is 17.1 Å². The Kier molecular flexibility index (Phi) is 3.21. The average molecular weight is 298 g/mol. The van der Waals surface area contributed by atoms with E-state index in [1.165, 1.54) is 17.0 Å². The number of benzene rings is 2. The summed E-state index contributed by atoms with van der Waals surface area (Å²) in [5, 5.41) is 22.9. The zero-order valence-electron chi connectivity index (χ0n) is 11.8. The molecule has 0 spiro atoms. The Morgan fingerprint density at radius 2 is 2.00 bits per heavy atom. The second kappa shape index (κ2) is 5.07. The number of nitrogens with zero attached hydrogens (tertiary/aromatic N) is 1. The molecule has 0 saturated heterocycles. The van der Waals surface area contributed by atoms with Gasteiger partial charge in [0.1, 0.15) is 17.8 Å². The lowest BCUT2D eigenvalue weighted by Gasteiger charge is -2.21. The van der Waals surface area contributed by atoms with Gasteiger partial charge in [-0.25, -0.2) is 0 Å². The van der Waals surface area contributed by atoms with Gasteiger partial charge in [0.25, 0.3) is 5.91 Å². The van der Waals surface area contributed by atoms with Crippen molar-refractivity contribution >= 4 is 29.3 Å². The number of carbonyl (C=O) groups excluding carboxylic acids is 2. The van der Waals surface area contributed by atoms with Crippen molar-refractivity contribution in [1.82, 2.24) is 0 Å². The lowest BCUT2D eigenvalue weighted by atomic mass is 10.1. The second-order valence-electron chi connectivity index (χ2n) is 5.06. The highest BCUT2D eigenvalue weighted by Gasteiger charge is 2.29. The smallest absolute Gasteiger partial charge is 0.260 e. The Morgan fingerprint density at radius 3 is 2.73 bits per heavy atom. The predicted octanol–water partition coefficient (Wildman–Crippen LogP) is 2.31.